The second kappa shape index (κ2) is 7.46. The Kier molecular flexibility index (Phi) is 4.63. The summed E-state index contributed by atoms with van der Waals surface area (Å²) in [5, 5.41) is 5.02. The minimum atomic E-state index is -0.542. The molecule has 1 aromatic carbocycles. The van der Waals surface area contributed by atoms with Crippen LogP contribution in [0.2, 0.25) is 0 Å². The molecule has 3 aliphatic rings. The zero-order chi connectivity index (χ0) is 20.7. The second-order valence-electron chi connectivity index (χ2n) is 7.77. The van der Waals surface area contributed by atoms with Crippen LogP contribution in [0.3, 0.4) is 0 Å². The maximum absolute atomic E-state index is 12.8. The minimum absolute atomic E-state index is 0.194. The number of amides is 4. The molecule has 4 heterocycles. The number of hydrogen-bond donors (Lipinski definition) is 1. The Bertz CT molecular complexity index is 1040. The first-order valence-corrected chi connectivity index (χ1v) is 10.1. The van der Waals surface area contributed by atoms with E-state index < -0.39 is 6.03 Å². The molecule has 1 saturated heterocycles. The summed E-state index contributed by atoms with van der Waals surface area (Å²) in [5.41, 5.74) is 3.90. The highest BCUT2D eigenvalue weighted by Crippen LogP contribution is 2.28. The van der Waals surface area contributed by atoms with E-state index in [-0.39, 0.29) is 24.8 Å². The van der Waals surface area contributed by atoms with Crippen molar-refractivity contribution in [2.24, 2.45) is 0 Å². The Morgan fingerprint density at radius 2 is 1.93 bits per heavy atom. The van der Waals surface area contributed by atoms with E-state index in [2.05, 4.69) is 16.3 Å². The van der Waals surface area contributed by atoms with Crippen LogP contribution in [0.25, 0.3) is 5.57 Å². The molecule has 30 heavy (non-hydrogen) atoms. The molecule has 0 aliphatic carbocycles. The van der Waals surface area contributed by atoms with E-state index in [9.17, 15) is 14.4 Å². The lowest BCUT2D eigenvalue weighted by atomic mass is 10.0. The number of imide groups is 1. The molecule has 8 heteroatoms. The number of fused-ring (bicyclic) bond motifs is 1. The monoisotopic (exact) mass is 406 g/mol. The fourth-order valence-corrected chi connectivity index (χ4v) is 4.24. The highest BCUT2D eigenvalue weighted by molar-refractivity contribution is 6.01. The lowest BCUT2D eigenvalue weighted by Gasteiger charge is -2.33. The van der Waals surface area contributed by atoms with E-state index in [0.29, 0.717) is 12.1 Å². The third-order valence-electron chi connectivity index (χ3n) is 5.81. The molecule has 0 atom stereocenters. The first-order chi connectivity index (χ1) is 14.6. The van der Waals surface area contributed by atoms with E-state index in [4.69, 9.17) is 4.42 Å². The van der Waals surface area contributed by atoms with Gasteiger partial charge in [0, 0.05) is 31.6 Å². The van der Waals surface area contributed by atoms with E-state index in [1.807, 2.05) is 30.3 Å². The molecule has 154 valence electrons. The predicted octanol–water partition coefficient (Wildman–Crippen LogP) is 2.38. The number of furan rings is 1. The Hall–Kier alpha value is -3.39. The van der Waals surface area contributed by atoms with E-state index in [1.165, 1.54) is 15.6 Å². The van der Waals surface area contributed by atoms with Crippen molar-refractivity contribution in [3.63, 3.8) is 0 Å². The number of urea groups is 1. The molecule has 1 N–H and O–H groups in total. The van der Waals surface area contributed by atoms with Gasteiger partial charge in [0.15, 0.2) is 0 Å². The Balaban J connectivity index is 1.26. The topological polar surface area (TPSA) is 86.1 Å². The van der Waals surface area contributed by atoms with Crippen molar-refractivity contribution in [3.8, 4) is 0 Å². The largest absolute Gasteiger partial charge is 0.465 e. The van der Waals surface area contributed by atoms with Crippen molar-refractivity contribution in [1.29, 1.82) is 0 Å². The average Bonchev–Trinajstić information content (AvgIpc) is 3.37. The van der Waals surface area contributed by atoms with Gasteiger partial charge in [-0.2, -0.15) is 0 Å². The first-order valence-electron chi connectivity index (χ1n) is 10.1. The molecule has 1 fully saturated rings. The molecule has 4 amide bonds. The fourth-order valence-electron chi connectivity index (χ4n) is 4.24. The number of carbonyl (C=O) groups is 3. The lowest BCUT2D eigenvalue weighted by Crippen LogP contribution is -2.56. The van der Waals surface area contributed by atoms with Gasteiger partial charge in [-0.25, -0.2) is 14.8 Å². The molecule has 1 aromatic heterocycles. The van der Waals surface area contributed by atoms with Crippen molar-refractivity contribution in [3.05, 3.63) is 65.1 Å². The Morgan fingerprint density at radius 1 is 1.03 bits per heavy atom. The summed E-state index contributed by atoms with van der Waals surface area (Å²) in [6.45, 7) is 3.14. The number of nitrogens with zero attached hydrogens (tertiary/aromatic N) is 3. The average molecular weight is 406 g/mol. The normalized spacial score (nSPS) is 19.7. The maximum Gasteiger partial charge on any atom is 0.342 e. The van der Waals surface area contributed by atoms with Gasteiger partial charge < -0.3 is 4.42 Å². The second-order valence-corrected chi connectivity index (χ2v) is 7.77. The molecule has 5 rings (SSSR count). The number of nitrogens with one attached hydrogen (secondary N) is 1. The highest BCUT2D eigenvalue weighted by Gasteiger charge is 2.36. The fraction of sp³-hybridized carbons (Fsp3) is 0.318. The van der Waals surface area contributed by atoms with Gasteiger partial charge in [-0.1, -0.05) is 18.2 Å². The van der Waals surface area contributed by atoms with Gasteiger partial charge >= 0.3 is 6.03 Å². The third-order valence-corrected chi connectivity index (χ3v) is 5.81. The van der Waals surface area contributed by atoms with Crippen LogP contribution in [-0.2, 0) is 17.9 Å². The van der Waals surface area contributed by atoms with Gasteiger partial charge in [0.2, 0.25) is 5.91 Å². The van der Waals surface area contributed by atoms with Gasteiger partial charge in [-0.3, -0.25) is 19.8 Å². The first kappa shape index (κ1) is 18.6. The summed E-state index contributed by atoms with van der Waals surface area (Å²) >= 11 is 0. The van der Waals surface area contributed by atoms with Gasteiger partial charge in [0.25, 0.3) is 5.91 Å². The zero-order valence-corrected chi connectivity index (χ0v) is 16.5. The summed E-state index contributed by atoms with van der Waals surface area (Å²) in [6.07, 6.45) is 5.04. The molecule has 0 radical (unpaired) electrons. The number of carbonyl (C=O) groups excluding carboxylic acids is 3. The minimum Gasteiger partial charge on any atom is -0.465 e. The zero-order valence-electron chi connectivity index (χ0n) is 16.5. The molecule has 0 saturated carbocycles. The van der Waals surface area contributed by atoms with Gasteiger partial charge in [0.05, 0.1) is 19.4 Å². The van der Waals surface area contributed by atoms with E-state index in [1.54, 1.807) is 6.26 Å². The summed E-state index contributed by atoms with van der Waals surface area (Å²) in [5.74, 6) is 0.424. The van der Waals surface area contributed by atoms with Crippen LogP contribution in [0.5, 0.6) is 0 Å². The summed E-state index contributed by atoms with van der Waals surface area (Å²) in [6, 6.07) is 9.22. The molecule has 2 aromatic rings. The van der Waals surface area contributed by atoms with E-state index in [0.717, 1.165) is 42.9 Å². The van der Waals surface area contributed by atoms with Crippen LogP contribution in [0.15, 0.2) is 47.1 Å². The van der Waals surface area contributed by atoms with Crippen molar-refractivity contribution < 1.29 is 18.8 Å². The summed E-state index contributed by atoms with van der Waals surface area (Å²) < 4.78 is 5.49. The van der Waals surface area contributed by atoms with Crippen LogP contribution >= 0.6 is 0 Å². The molecular weight excluding hydrogens is 384 g/mol. The van der Waals surface area contributed by atoms with Crippen molar-refractivity contribution in [2.45, 2.75) is 25.9 Å². The number of benzene rings is 1. The number of rotatable bonds is 4. The Morgan fingerprint density at radius 3 is 2.67 bits per heavy atom. The van der Waals surface area contributed by atoms with Crippen LogP contribution in [-0.4, -0.2) is 52.4 Å². The van der Waals surface area contributed by atoms with Crippen molar-refractivity contribution in [1.82, 2.24) is 20.2 Å². The maximum atomic E-state index is 12.8. The van der Waals surface area contributed by atoms with Crippen molar-refractivity contribution >= 4 is 23.4 Å². The molecule has 3 aliphatic heterocycles. The van der Waals surface area contributed by atoms with Gasteiger partial charge in [-0.15, -0.1) is 0 Å². The van der Waals surface area contributed by atoms with Crippen LogP contribution in [0, 0.1) is 0 Å². The van der Waals surface area contributed by atoms with Crippen LogP contribution in [0.4, 0.5) is 4.79 Å². The SMILES string of the molecule is O=C1CCN(N2Cc3cc(CN4CC=C(c5ccco5)CC4)ccc3C2=O)C(=O)N1. The number of hydrogen-bond acceptors (Lipinski definition) is 5. The van der Waals surface area contributed by atoms with E-state index >= 15 is 0 Å². The molecule has 8 nitrogen and oxygen atoms in total. The molecule has 0 spiro atoms. The predicted molar refractivity (Wildman–Crippen MR) is 108 cm³/mol. The lowest BCUT2D eigenvalue weighted by molar-refractivity contribution is -0.123. The Labute approximate surface area is 173 Å². The summed E-state index contributed by atoms with van der Waals surface area (Å²) in [4.78, 5) is 38.6. The summed E-state index contributed by atoms with van der Waals surface area (Å²) in [7, 11) is 0. The molecular formula is C22H22N4O4. The van der Waals surface area contributed by atoms with Crippen LogP contribution < -0.4 is 5.32 Å². The van der Waals surface area contributed by atoms with Crippen LogP contribution in [0.1, 0.15) is 40.1 Å². The van der Waals surface area contributed by atoms with Crippen molar-refractivity contribution in [2.75, 3.05) is 19.6 Å². The molecule has 0 bridgehead atoms. The third kappa shape index (κ3) is 3.39. The highest BCUT2D eigenvalue weighted by atomic mass is 16.3. The van der Waals surface area contributed by atoms with Gasteiger partial charge in [0.1, 0.15) is 5.76 Å². The quantitative estimate of drug-likeness (QED) is 0.843. The van der Waals surface area contributed by atoms with Gasteiger partial charge in [-0.05, 0) is 41.3 Å². The number of hydrazine groups is 1. The molecule has 0 unspecified atom stereocenters. The smallest absolute Gasteiger partial charge is 0.342 e. The standard InChI is InChI=1S/C22H22N4O4/c27-20-7-10-25(22(29)23-20)26-14-17-12-15(3-4-18(17)21(26)28)13-24-8-5-16(6-9-24)19-2-1-11-30-19/h1-5,11-12H,6-10,13-14H2,(H,23,27,29).